The molecule has 0 saturated carbocycles. The zero-order valence-electron chi connectivity index (χ0n) is 11.8. The molecule has 1 aromatic rings. The van der Waals surface area contributed by atoms with Crippen LogP contribution in [0.15, 0.2) is 30.4 Å². The highest BCUT2D eigenvalue weighted by Crippen LogP contribution is 2.29. The molecule has 0 fully saturated rings. The van der Waals surface area contributed by atoms with Crippen LogP contribution < -0.4 is 10.1 Å². The fourth-order valence-electron chi connectivity index (χ4n) is 1.56. The van der Waals surface area contributed by atoms with E-state index in [2.05, 4.69) is 11.9 Å². The molecule has 20 heavy (non-hydrogen) atoms. The van der Waals surface area contributed by atoms with Crippen LogP contribution in [0.25, 0.3) is 0 Å². The van der Waals surface area contributed by atoms with Crippen LogP contribution in [-0.4, -0.2) is 31.3 Å². The zero-order valence-corrected chi connectivity index (χ0v) is 11.8. The number of nitrogens with zero attached hydrogens (tertiary/aromatic N) is 1. The van der Waals surface area contributed by atoms with Crippen molar-refractivity contribution in [3.8, 4) is 5.75 Å². The molecule has 0 aliphatic rings. The fourth-order valence-corrected chi connectivity index (χ4v) is 1.56. The van der Waals surface area contributed by atoms with Crippen LogP contribution in [0.5, 0.6) is 5.75 Å². The maximum absolute atomic E-state index is 10.8. The van der Waals surface area contributed by atoms with E-state index in [0.29, 0.717) is 26.4 Å². The molecule has 6 heteroatoms. The summed E-state index contributed by atoms with van der Waals surface area (Å²) in [6.45, 7) is 9.49. The molecule has 0 aliphatic carbocycles. The summed E-state index contributed by atoms with van der Waals surface area (Å²) in [5, 5.41) is 14.0. The zero-order chi connectivity index (χ0) is 15.0. The van der Waals surface area contributed by atoms with E-state index >= 15 is 0 Å². The Bertz CT molecular complexity index is 474. The molecular formula is C14H20N2O4. The fraction of sp³-hybridized carbons (Fsp3) is 0.429. The van der Waals surface area contributed by atoms with Gasteiger partial charge in [-0.2, -0.15) is 0 Å². The summed E-state index contributed by atoms with van der Waals surface area (Å²) < 4.78 is 10.6. The number of hydrogen-bond donors (Lipinski definition) is 1. The van der Waals surface area contributed by atoms with Gasteiger partial charge in [0.05, 0.1) is 24.7 Å². The lowest BCUT2D eigenvalue weighted by molar-refractivity contribution is -0.385. The normalized spacial score (nSPS) is 10.1. The smallest absolute Gasteiger partial charge is 0.311 e. The molecule has 0 unspecified atom stereocenters. The molecular weight excluding hydrogens is 260 g/mol. The highest BCUT2D eigenvalue weighted by molar-refractivity contribution is 5.57. The monoisotopic (exact) mass is 280 g/mol. The molecule has 0 aliphatic heterocycles. The van der Waals surface area contributed by atoms with E-state index in [-0.39, 0.29) is 11.4 Å². The minimum Gasteiger partial charge on any atom is -0.487 e. The van der Waals surface area contributed by atoms with Crippen molar-refractivity contribution in [1.82, 2.24) is 0 Å². The van der Waals surface area contributed by atoms with Crippen molar-refractivity contribution >= 4 is 11.4 Å². The van der Waals surface area contributed by atoms with Gasteiger partial charge in [0.2, 0.25) is 0 Å². The second kappa shape index (κ2) is 8.16. The molecule has 1 rings (SSSR count). The third-order valence-corrected chi connectivity index (χ3v) is 2.38. The molecule has 0 radical (unpaired) electrons. The van der Waals surface area contributed by atoms with Crippen LogP contribution >= 0.6 is 0 Å². The topological polar surface area (TPSA) is 73.6 Å². The number of ether oxygens (including phenoxy) is 2. The Morgan fingerprint density at radius 3 is 2.85 bits per heavy atom. The van der Waals surface area contributed by atoms with Gasteiger partial charge in [-0.1, -0.05) is 12.2 Å². The Hall–Kier alpha value is -2.08. The van der Waals surface area contributed by atoms with Crippen molar-refractivity contribution in [2.24, 2.45) is 0 Å². The number of hydrogen-bond acceptors (Lipinski definition) is 5. The number of nitrogens with one attached hydrogen (secondary N) is 1. The summed E-state index contributed by atoms with van der Waals surface area (Å²) in [7, 11) is 0. The molecule has 110 valence electrons. The van der Waals surface area contributed by atoms with E-state index in [1.54, 1.807) is 19.1 Å². The maximum Gasteiger partial charge on any atom is 0.311 e. The van der Waals surface area contributed by atoms with E-state index in [4.69, 9.17) is 9.47 Å². The standard InChI is InChI=1S/C14H20N2O4/c1-4-20-14-9-12(5-6-13(14)16(17)18)15-7-8-19-10-11(2)3/h5-6,9,15H,2,4,7-8,10H2,1,3H3. The minimum absolute atomic E-state index is 0.0315. The second-order valence-corrected chi connectivity index (χ2v) is 4.31. The summed E-state index contributed by atoms with van der Waals surface area (Å²) in [6.07, 6.45) is 0. The van der Waals surface area contributed by atoms with Crippen LogP contribution in [0.2, 0.25) is 0 Å². The predicted octanol–water partition coefficient (Wildman–Crippen LogP) is 3.00. The summed E-state index contributed by atoms with van der Waals surface area (Å²) in [5.41, 5.74) is 1.70. The lowest BCUT2D eigenvalue weighted by atomic mass is 10.2. The molecule has 0 heterocycles. The first-order chi connectivity index (χ1) is 9.54. The number of benzene rings is 1. The highest BCUT2D eigenvalue weighted by Gasteiger charge is 2.14. The van der Waals surface area contributed by atoms with Gasteiger partial charge >= 0.3 is 5.69 Å². The molecule has 0 amide bonds. The Morgan fingerprint density at radius 1 is 1.50 bits per heavy atom. The van der Waals surface area contributed by atoms with Crippen molar-refractivity contribution in [2.45, 2.75) is 13.8 Å². The number of nitro groups is 1. The summed E-state index contributed by atoms with van der Waals surface area (Å²) in [5.74, 6) is 0.269. The molecule has 0 atom stereocenters. The van der Waals surface area contributed by atoms with E-state index in [1.807, 2.05) is 6.92 Å². The maximum atomic E-state index is 10.8. The van der Waals surface area contributed by atoms with Crippen molar-refractivity contribution < 1.29 is 14.4 Å². The number of anilines is 1. The first kappa shape index (κ1) is 16.0. The van der Waals surface area contributed by atoms with Gasteiger partial charge in [-0.15, -0.1) is 0 Å². The minimum atomic E-state index is -0.454. The Kier molecular flexibility index (Phi) is 6.52. The van der Waals surface area contributed by atoms with Gasteiger partial charge < -0.3 is 14.8 Å². The summed E-state index contributed by atoms with van der Waals surface area (Å²) >= 11 is 0. The third kappa shape index (κ3) is 5.27. The van der Waals surface area contributed by atoms with Crippen LogP contribution in [0.4, 0.5) is 11.4 Å². The Balaban J connectivity index is 2.56. The lowest BCUT2D eigenvalue weighted by Gasteiger charge is -2.10. The van der Waals surface area contributed by atoms with E-state index in [0.717, 1.165) is 11.3 Å². The van der Waals surface area contributed by atoms with Gasteiger partial charge in [0, 0.05) is 24.4 Å². The largest absolute Gasteiger partial charge is 0.487 e. The van der Waals surface area contributed by atoms with E-state index in [9.17, 15) is 10.1 Å². The summed E-state index contributed by atoms with van der Waals surface area (Å²) in [4.78, 5) is 10.4. The van der Waals surface area contributed by atoms with Gasteiger partial charge in [0.15, 0.2) is 5.75 Å². The van der Waals surface area contributed by atoms with Crippen LogP contribution in [0.3, 0.4) is 0 Å². The molecule has 1 N–H and O–H groups in total. The van der Waals surface area contributed by atoms with Crippen LogP contribution in [0, 0.1) is 10.1 Å². The van der Waals surface area contributed by atoms with E-state index in [1.165, 1.54) is 6.07 Å². The quantitative estimate of drug-likeness (QED) is 0.326. The van der Waals surface area contributed by atoms with Gasteiger partial charge in [0.1, 0.15) is 0 Å². The molecule has 0 spiro atoms. The van der Waals surface area contributed by atoms with E-state index < -0.39 is 4.92 Å². The van der Waals surface area contributed by atoms with Gasteiger partial charge in [-0.05, 0) is 19.9 Å². The average Bonchev–Trinajstić information content (AvgIpc) is 2.38. The molecule has 1 aromatic carbocycles. The van der Waals surface area contributed by atoms with Crippen molar-refractivity contribution in [3.63, 3.8) is 0 Å². The second-order valence-electron chi connectivity index (χ2n) is 4.31. The number of rotatable bonds is 9. The number of nitro benzene ring substituents is 1. The van der Waals surface area contributed by atoms with Crippen molar-refractivity contribution in [2.75, 3.05) is 31.7 Å². The van der Waals surface area contributed by atoms with Gasteiger partial charge in [-0.3, -0.25) is 10.1 Å². The lowest BCUT2D eigenvalue weighted by Crippen LogP contribution is -2.10. The molecule has 6 nitrogen and oxygen atoms in total. The summed E-state index contributed by atoms with van der Waals surface area (Å²) in [6, 6.07) is 4.71. The highest BCUT2D eigenvalue weighted by atomic mass is 16.6. The molecule has 0 bridgehead atoms. The van der Waals surface area contributed by atoms with Gasteiger partial charge in [-0.25, -0.2) is 0 Å². The SMILES string of the molecule is C=C(C)COCCNc1ccc([N+](=O)[O-])c(OCC)c1. The van der Waals surface area contributed by atoms with Crippen LogP contribution in [-0.2, 0) is 4.74 Å². The third-order valence-electron chi connectivity index (χ3n) is 2.38. The Labute approximate surface area is 118 Å². The first-order valence-electron chi connectivity index (χ1n) is 6.41. The average molecular weight is 280 g/mol. The van der Waals surface area contributed by atoms with Crippen molar-refractivity contribution in [1.29, 1.82) is 0 Å². The molecule has 0 aromatic heterocycles. The van der Waals surface area contributed by atoms with Crippen molar-refractivity contribution in [3.05, 3.63) is 40.5 Å². The Morgan fingerprint density at radius 2 is 2.25 bits per heavy atom. The predicted molar refractivity (Wildman–Crippen MR) is 78.4 cm³/mol. The van der Waals surface area contributed by atoms with Gasteiger partial charge in [0.25, 0.3) is 0 Å². The first-order valence-corrected chi connectivity index (χ1v) is 6.41. The molecule has 0 saturated heterocycles. The van der Waals surface area contributed by atoms with Crippen LogP contribution in [0.1, 0.15) is 13.8 Å².